The fourth-order valence-corrected chi connectivity index (χ4v) is 3.59. The van der Waals surface area contributed by atoms with E-state index in [0.29, 0.717) is 0 Å². The van der Waals surface area contributed by atoms with Crippen molar-refractivity contribution in [1.29, 1.82) is 0 Å². The second-order valence-electron chi connectivity index (χ2n) is 5.65. The summed E-state index contributed by atoms with van der Waals surface area (Å²) in [7, 11) is 0. The van der Waals surface area contributed by atoms with Crippen LogP contribution in [-0.4, -0.2) is 36.2 Å². The van der Waals surface area contributed by atoms with Gasteiger partial charge in [0.1, 0.15) is 0 Å². The Morgan fingerprint density at radius 1 is 1.21 bits per heavy atom. The monoisotopic (exact) mass is 382 g/mol. The molecule has 0 aliphatic carbocycles. The Hall–Kier alpha value is -1.14. The third kappa shape index (κ3) is 6.06. The maximum absolute atomic E-state index is 5.95. The number of anilines is 1. The van der Waals surface area contributed by atoms with E-state index in [0.717, 1.165) is 48.5 Å². The summed E-state index contributed by atoms with van der Waals surface area (Å²) in [6.07, 6.45) is 0. The molecule has 0 amide bonds. The van der Waals surface area contributed by atoms with Crippen molar-refractivity contribution in [3.8, 4) is 0 Å². The Morgan fingerprint density at radius 2 is 1.92 bits per heavy atom. The number of hydrogen-bond donors (Lipinski definition) is 2. The Balaban J connectivity index is 2.02. The van der Waals surface area contributed by atoms with Crippen LogP contribution < -0.4 is 10.2 Å². The Morgan fingerprint density at radius 3 is 2.50 bits per heavy atom. The van der Waals surface area contributed by atoms with Gasteiger partial charge in [0.2, 0.25) is 0 Å². The van der Waals surface area contributed by atoms with Crippen molar-refractivity contribution in [2.75, 3.05) is 31.5 Å². The fraction of sp³-hybridized carbons (Fsp3) is 0.389. The summed E-state index contributed by atoms with van der Waals surface area (Å²) in [5.74, 6) is 0. The topological polar surface area (TPSA) is 19.7 Å². The lowest BCUT2D eigenvalue weighted by Gasteiger charge is -2.27. The van der Waals surface area contributed by atoms with E-state index >= 15 is 0 Å². The van der Waals surface area contributed by atoms with Crippen LogP contribution in [0.5, 0.6) is 0 Å². The Labute approximate surface area is 159 Å². The van der Waals surface area contributed by atoms with Crippen LogP contribution in [0.25, 0.3) is 0 Å². The number of nitrogens with zero attached hydrogens (tertiary/aromatic N) is 1. The molecular weight excluding hydrogens is 358 g/mol. The summed E-state index contributed by atoms with van der Waals surface area (Å²) in [5, 5.41) is 6.94. The van der Waals surface area contributed by atoms with Crippen LogP contribution in [0.4, 0.5) is 5.69 Å². The average molecular weight is 383 g/mol. The van der Waals surface area contributed by atoms with Gasteiger partial charge in [-0.2, -0.15) is 0 Å². The Kier molecular flexibility index (Phi) is 7.99. The van der Waals surface area contributed by atoms with Crippen molar-refractivity contribution >= 4 is 46.0 Å². The number of hydrogen-bond acceptors (Lipinski definition) is 2. The van der Waals surface area contributed by atoms with Crippen LogP contribution in [-0.2, 0) is 6.54 Å². The number of rotatable bonds is 8. The fourth-order valence-electron chi connectivity index (χ4n) is 2.48. The predicted octanol–water partition coefficient (Wildman–Crippen LogP) is 3.53. The zero-order chi connectivity index (χ0) is 17.4. The van der Waals surface area contributed by atoms with Crippen LogP contribution in [0.2, 0.25) is 5.02 Å². The van der Waals surface area contributed by atoms with Gasteiger partial charge in [-0.3, -0.25) is 0 Å². The van der Waals surface area contributed by atoms with Crippen molar-refractivity contribution in [1.82, 2.24) is 4.90 Å². The number of likely N-dealkylation sites (N-methyl/N-ethyl adjacent to an activating group) is 1. The van der Waals surface area contributed by atoms with E-state index in [1.165, 1.54) is 4.88 Å². The minimum Gasteiger partial charge on any atom is -0.338 e. The highest BCUT2D eigenvalue weighted by Crippen LogP contribution is 2.16. The quantitative estimate of drug-likeness (QED) is 0.681. The van der Waals surface area contributed by atoms with Gasteiger partial charge in [0.05, 0.1) is 32.7 Å². The van der Waals surface area contributed by atoms with Crippen molar-refractivity contribution < 1.29 is 4.90 Å². The molecular formula is C18H25ClN3S2+. The smallest absolute Gasteiger partial charge is 0.173 e. The summed E-state index contributed by atoms with van der Waals surface area (Å²) in [5.41, 5.74) is 0.968. The lowest BCUT2D eigenvalue weighted by atomic mass is 10.3. The van der Waals surface area contributed by atoms with Gasteiger partial charge >= 0.3 is 0 Å². The van der Waals surface area contributed by atoms with E-state index in [-0.39, 0.29) is 0 Å². The SMILES string of the molecule is CC[NH+](CC)CCN(Cc1cccs1)C(=S)Nc1ccc(Cl)cc1. The lowest BCUT2D eigenvalue weighted by Crippen LogP contribution is -3.12. The van der Waals surface area contributed by atoms with Gasteiger partial charge < -0.3 is 15.1 Å². The summed E-state index contributed by atoms with van der Waals surface area (Å²) >= 11 is 13.4. The minimum absolute atomic E-state index is 0.729. The van der Waals surface area contributed by atoms with Crippen LogP contribution >= 0.6 is 35.2 Å². The lowest BCUT2D eigenvalue weighted by molar-refractivity contribution is -0.895. The number of nitrogens with one attached hydrogen (secondary N) is 2. The molecule has 0 atom stereocenters. The second kappa shape index (κ2) is 9.99. The van der Waals surface area contributed by atoms with Gasteiger partial charge in [-0.25, -0.2) is 0 Å². The van der Waals surface area contributed by atoms with Crippen LogP contribution in [0, 0.1) is 0 Å². The maximum atomic E-state index is 5.95. The molecule has 0 bridgehead atoms. The molecule has 1 aromatic carbocycles. The Bertz CT molecular complexity index is 610. The van der Waals surface area contributed by atoms with Gasteiger partial charge in [-0.1, -0.05) is 17.7 Å². The van der Waals surface area contributed by atoms with Gasteiger partial charge in [0.15, 0.2) is 5.11 Å². The highest BCUT2D eigenvalue weighted by molar-refractivity contribution is 7.80. The highest BCUT2D eigenvalue weighted by atomic mass is 35.5. The summed E-state index contributed by atoms with van der Waals surface area (Å²) < 4.78 is 0. The molecule has 0 aliphatic rings. The normalized spacial score (nSPS) is 10.8. The predicted molar refractivity (Wildman–Crippen MR) is 109 cm³/mol. The molecule has 0 aliphatic heterocycles. The molecule has 0 spiro atoms. The summed E-state index contributed by atoms with van der Waals surface area (Å²) in [6.45, 7) is 9.60. The molecule has 2 aromatic rings. The summed E-state index contributed by atoms with van der Waals surface area (Å²) in [6, 6.07) is 11.9. The van der Waals surface area contributed by atoms with Gasteiger partial charge in [-0.05, 0) is 61.8 Å². The number of benzene rings is 1. The van der Waals surface area contributed by atoms with Crippen LogP contribution in [0.1, 0.15) is 18.7 Å². The van der Waals surface area contributed by atoms with E-state index in [1.807, 2.05) is 24.3 Å². The minimum atomic E-state index is 0.729. The van der Waals surface area contributed by atoms with Gasteiger partial charge in [-0.15, -0.1) is 11.3 Å². The van der Waals surface area contributed by atoms with Crippen molar-refractivity contribution in [3.05, 3.63) is 51.7 Å². The number of thiocarbonyl (C=S) groups is 1. The van der Waals surface area contributed by atoms with Gasteiger partial charge in [0.25, 0.3) is 0 Å². The summed E-state index contributed by atoms with van der Waals surface area (Å²) in [4.78, 5) is 5.16. The first kappa shape index (κ1) is 19.2. The van der Waals surface area contributed by atoms with Crippen molar-refractivity contribution in [3.63, 3.8) is 0 Å². The molecule has 2 rings (SSSR count). The van der Waals surface area contributed by atoms with E-state index in [9.17, 15) is 0 Å². The molecule has 0 unspecified atom stereocenters. The first-order valence-electron chi connectivity index (χ1n) is 8.29. The largest absolute Gasteiger partial charge is 0.338 e. The molecule has 130 valence electrons. The third-order valence-electron chi connectivity index (χ3n) is 4.04. The zero-order valence-corrected chi connectivity index (χ0v) is 16.6. The molecule has 24 heavy (non-hydrogen) atoms. The van der Waals surface area contributed by atoms with E-state index < -0.39 is 0 Å². The molecule has 1 heterocycles. The zero-order valence-electron chi connectivity index (χ0n) is 14.2. The highest BCUT2D eigenvalue weighted by Gasteiger charge is 2.14. The van der Waals surface area contributed by atoms with Gasteiger partial charge in [0, 0.05) is 15.6 Å². The molecule has 2 N–H and O–H groups in total. The van der Waals surface area contributed by atoms with Crippen molar-refractivity contribution in [2.24, 2.45) is 0 Å². The number of quaternary nitrogens is 1. The third-order valence-corrected chi connectivity index (χ3v) is 5.52. The van der Waals surface area contributed by atoms with E-state index in [4.69, 9.17) is 23.8 Å². The molecule has 0 saturated carbocycles. The standard InChI is InChI=1S/C18H24ClN3S2/c1-3-21(4-2)11-12-22(14-17-6-5-13-24-17)18(23)20-16-9-7-15(19)8-10-16/h5-10,13H,3-4,11-12,14H2,1-2H3,(H,20,23)/p+1. The number of halogens is 1. The second-order valence-corrected chi connectivity index (χ2v) is 7.50. The number of thiophene rings is 1. The average Bonchev–Trinajstić information content (AvgIpc) is 3.09. The molecule has 0 fully saturated rings. The van der Waals surface area contributed by atoms with E-state index in [2.05, 4.69) is 41.6 Å². The molecule has 6 heteroatoms. The van der Waals surface area contributed by atoms with Crippen LogP contribution in [0.3, 0.4) is 0 Å². The van der Waals surface area contributed by atoms with Crippen molar-refractivity contribution in [2.45, 2.75) is 20.4 Å². The molecule has 0 saturated heterocycles. The van der Waals surface area contributed by atoms with E-state index in [1.54, 1.807) is 16.2 Å². The molecule has 0 radical (unpaired) electrons. The molecule has 1 aromatic heterocycles. The van der Waals surface area contributed by atoms with Crippen LogP contribution in [0.15, 0.2) is 41.8 Å². The first-order valence-corrected chi connectivity index (χ1v) is 9.96. The molecule has 3 nitrogen and oxygen atoms in total. The first-order chi connectivity index (χ1) is 11.6. The maximum Gasteiger partial charge on any atom is 0.173 e.